The molecule has 1 aliphatic rings. The summed E-state index contributed by atoms with van der Waals surface area (Å²) < 4.78 is 27.4. The highest BCUT2D eigenvalue weighted by Crippen LogP contribution is 2.26. The second-order valence-electron chi connectivity index (χ2n) is 5.71. The number of sulfonamides is 1. The van der Waals surface area contributed by atoms with Gasteiger partial charge in [-0.05, 0) is 50.5 Å². The number of amides is 1. The van der Waals surface area contributed by atoms with E-state index in [-0.39, 0.29) is 10.8 Å². The molecule has 0 saturated heterocycles. The third-order valence-electron chi connectivity index (χ3n) is 3.58. The Bertz CT molecular complexity index is 636. The molecule has 5 nitrogen and oxygen atoms in total. The van der Waals surface area contributed by atoms with E-state index in [1.54, 1.807) is 12.1 Å². The number of hydrogen-bond acceptors (Lipinski definition) is 3. The van der Waals surface area contributed by atoms with Crippen LogP contribution in [0.3, 0.4) is 0 Å². The van der Waals surface area contributed by atoms with Crippen LogP contribution in [-0.4, -0.2) is 19.9 Å². The summed E-state index contributed by atoms with van der Waals surface area (Å²) in [6.07, 6.45) is 1.67. The van der Waals surface area contributed by atoms with E-state index in [1.165, 1.54) is 6.07 Å². The number of rotatable bonds is 4. The molecule has 0 aromatic heterocycles. The molecule has 0 radical (unpaired) electrons. The quantitative estimate of drug-likeness (QED) is 0.892. The Kier molecular flexibility index (Phi) is 3.88. The van der Waals surface area contributed by atoms with Crippen molar-refractivity contribution in [1.29, 1.82) is 0 Å². The van der Waals surface area contributed by atoms with Crippen LogP contribution >= 0.6 is 0 Å². The van der Waals surface area contributed by atoms with Crippen molar-refractivity contribution < 1.29 is 13.2 Å². The van der Waals surface area contributed by atoms with Crippen LogP contribution in [0.1, 0.15) is 39.2 Å². The second kappa shape index (κ2) is 5.18. The molecule has 0 unspecified atom stereocenters. The molecular weight excluding hydrogens is 276 g/mol. The van der Waals surface area contributed by atoms with Crippen LogP contribution in [0.2, 0.25) is 0 Å². The number of anilines is 1. The maximum atomic E-state index is 12.4. The molecule has 0 fully saturated rings. The topological polar surface area (TPSA) is 75.3 Å². The van der Waals surface area contributed by atoms with Crippen LogP contribution in [0.15, 0.2) is 23.1 Å². The van der Waals surface area contributed by atoms with E-state index in [9.17, 15) is 13.2 Å². The van der Waals surface area contributed by atoms with Gasteiger partial charge >= 0.3 is 0 Å². The third-order valence-corrected chi connectivity index (χ3v) is 5.27. The first-order valence-electron chi connectivity index (χ1n) is 6.70. The van der Waals surface area contributed by atoms with Gasteiger partial charge in [-0.1, -0.05) is 6.92 Å². The van der Waals surface area contributed by atoms with Crippen LogP contribution < -0.4 is 10.0 Å². The SMILES string of the molecule is CCC(C)(C)NS(=O)(=O)c1ccc2c(c1)CCC(=O)N2. The minimum Gasteiger partial charge on any atom is -0.326 e. The average molecular weight is 296 g/mol. The molecule has 110 valence electrons. The Morgan fingerprint density at radius 3 is 2.65 bits per heavy atom. The molecule has 6 heteroatoms. The van der Waals surface area contributed by atoms with E-state index in [0.29, 0.717) is 24.9 Å². The number of aryl methyl sites for hydroxylation is 1. The molecule has 0 saturated carbocycles. The van der Waals surface area contributed by atoms with Crippen molar-refractivity contribution in [3.8, 4) is 0 Å². The molecule has 1 heterocycles. The third kappa shape index (κ3) is 3.19. The fraction of sp³-hybridized carbons (Fsp3) is 0.500. The maximum absolute atomic E-state index is 12.4. The number of nitrogens with one attached hydrogen (secondary N) is 2. The van der Waals surface area contributed by atoms with Gasteiger partial charge in [0.15, 0.2) is 0 Å². The highest BCUT2D eigenvalue weighted by atomic mass is 32.2. The molecule has 2 N–H and O–H groups in total. The summed E-state index contributed by atoms with van der Waals surface area (Å²) in [4.78, 5) is 11.5. The summed E-state index contributed by atoms with van der Waals surface area (Å²) in [7, 11) is -3.54. The first kappa shape index (κ1) is 15.0. The fourth-order valence-corrected chi connectivity index (χ4v) is 3.56. The van der Waals surface area contributed by atoms with Crippen LogP contribution in [0, 0.1) is 0 Å². The normalized spacial score (nSPS) is 15.7. The smallest absolute Gasteiger partial charge is 0.241 e. The van der Waals surface area contributed by atoms with E-state index in [0.717, 1.165) is 5.56 Å². The van der Waals surface area contributed by atoms with Crippen LogP contribution in [0.25, 0.3) is 0 Å². The molecule has 0 atom stereocenters. The lowest BCUT2D eigenvalue weighted by atomic mass is 10.0. The number of fused-ring (bicyclic) bond motifs is 1. The Labute approximate surface area is 119 Å². The summed E-state index contributed by atoms with van der Waals surface area (Å²) in [5, 5.41) is 2.74. The van der Waals surface area contributed by atoms with Crippen LogP contribution in [0.5, 0.6) is 0 Å². The lowest BCUT2D eigenvalue weighted by molar-refractivity contribution is -0.116. The molecule has 0 aliphatic carbocycles. The van der Waals surface area contributed by atoms with Gasteiger partial charge in [0.05, 0.1) is 4.90 Å². The first-order chi connectivity index (χ1) is 9.23. The summed E-state index contributed by atoms with van der Waals surface area (Å²) >= 11 is 0. The molecule has 1 aromatic rings. The number of hydrogen-bond donors (Lipinski definition) is 2. The van der Waals surface area contributed by atoms with E-state index in [1.807, 2.05) is 20.8 Å². The molecule has 1 aliphatic heterocycles. The van der Waals surface area contributed by atoms with Gasteiger partial charge in [0.1, 0.15) is 0 Å². The zero-order valence-corrected chi connectivity index (χ0v) is 12.8. The zero-order chi connectivity index (χ0) is 15.0. The van der Waals surface area contributed by atoms with Gasteiger partial charge in [-0.3, -0.25) is 4.79 Å². The number of carbonyl (C=O) groups excluding carboxylic acids is 1. The summed E-state index contributed by atoms with van der Waals surface area (Å²) in [6, 6.07) is 4.82. The summed E-state index contributed by atoms with van der Waals surface area (Å²) in [5.74, 6) is -0.0293. The van der Waals surface area contributed by atoms with E-state index < -0.39 is 15.6 Å². The van der Waals surface area contributed by atoms with Crippen molar-refractivity contribution in [3.05, 3.63) is 23.8 Å². The van der Waals surface area contributed by atoms with Crippen molar-refractivity contribution >= 4 is 21.6 Å². The van der Waals surface area contributed by atoms with Gasteiger partial charge in [0.25, 0.3) is 0 Å². The second-order valence-corrected chi connectivity index (χ2v) is 7.39. The maximum Gasteiger partial charge on any atom is 0.241 e. The van der Waals surface area contributed by atoms with Gasteiger partial charge in [0.2, 0.25) is 15.9 Å². The molecule has 20 heavy (non-hydrogen) atoms. The molecule has 1 amide bonds. The molecule has 0 spiro atoms. The minimum atomic E-state index is -3.54. The molecular formula is C14H20N2O3S. The largest absolute Gasteiger partial charge is 0.326 e. The van der Waals surface area contributed by atoms with Crippen molar-refractivity contribution in [2.24, 2.45) is 0 Å². The predicted octanol–water partition coefficient (Wildman–Crippen LogP) is 2.04. The van der Waals surface area contributed by atoms with Gasteiger partial charge in [-0.25, -0.2) is 13.1 Å². The highest BCUT2D eigenvalue weighted by Gasteiger charge is 2.26. The Morgan fingerprint density at radius 2 is 2.00 bits per heavy atom. The number of carbonyl (C=O) groups is 1. The lowest BCUT2D eigenvalue weighted by Crippen LogP contribution is -2.42. The highest BCUT2D eigenvalue weighted by molar-refractivity contribution is 7.89. The zero-order valence-electron chi connectivity index (χ0n) is 12.0. The van der Waals surface area contributed by atoms with Gasteiger partial charge in [0, 0.05) is 17.6 Å². The van der Waals surface area contributed by atoms with E-state index in [4.69, 9.17) is 0 Å². The van der Waals surface area contributed by atoms with Crippen molar-refractivity contribution in [1.82, 2.24) is 4.72 Å². The van der Waals surface area contributed by atoms with Crippen molar-refractivity contribution in [2.45, 2.75) is 50.5 Å². The monoisotopic (exact) mass is 296 g/mol. The first-order valence-corrected chi connectivity index (χ1v) is 8.18. The lowest BCUT2D eigenvalue weighted by Gasteiger charge is -2.25. The van der Waals surface area contributed by atoms with E-state index in [2.05, 4.69) is 10.0 Å². The Hall–Kier alpha value is -1.40. The van der Waals surface area contributed by atoms with Gasteiger partial charge in [-0.2, -0.15) is 0 Å². The molecule has 2 rings (SSSR count). The molecule has 0 bridgehead atoms. The van der Waals surface area contributed by atoms with E-state index >= 15 is 0 Å². The number of benzene rings is 1. The van der Waals surface area contributed by atoms with Gasteiger partial charge < -0.3 is 5.32 Å². The van der Waals surface area contributed by atoms with Crippen LogP contribution in [0.4, 0.5) is 5.69 Å². The average Bonchev–Trinajstić information content (AvgIpc) is 2.37. The van der Waals surface area contributed by atoms with Gasteiger partial charge in [-0.15, -0.1) is 0 Å². The summed E-state index contributed by atoms with van der Waals surface area (Å²) in [6.45, 7) is 5.64. The Morgan fingerprint density at radius 1 is 1.30 bits per heavy atom. The standard InChI is InChI=1S/C14H20N2O3S/c1-4-14(2,3)16-20(18,19)11-6-7-12-10(9-11)5-8-13(17)15-12/h6-7,9,16H,4-5,8H2,1-3H3,(H,15,17). The predicted molar refractivity (Wildman–Crippen MR) is 78.1 cm³/mol. The van der Waals surface area contributed by atoms with Crippen molar-refractivity contribution in [2.75, 3.05) is 5.32 Å². The fourth-order valence-electron chi connectivity index (χ4n) is 2.02. The minimum absolute atomic E-state index is 0.0293. The molecule has 1 aromatic carbocycles. The summed E-state index contributed by atoms with van der Waals surface area (Å²) in [5.41, 5.74) is 1.08. The van der Waals surface area contributed by atoms with Crippen LogP contribution in [-0.2, 0) is 21.2 Å². The Balaban J connectivity index is 2.32. The van der Waals surface area contributed by atoms with Crippen molar-refractivity contribution in [3.63, 3.8) is 0 Å².